The molecule has 4 rings (SSSR count). The number of carbonyl (C=O) groups is 2. The summed E-state index contributed by atoms with van der Waals surface area (Å²) in [7, 11) is 0. The first kappa shape index (κ1) is 24.7. The standard InChI is InChI=1S/C29H30N2O3S/c1-5-34-27(33)24-22-15-16-29(18-30,21-9-7-6-8-10-21)17-23(22)35-26(24)31-25(32)19-11-13-20(14-12-19)28(2,3)4/h6-14H,5,15-17H2,1-4H3,(H,31,32)/t29-/m1/s1. The second kappa shape index (κ2) is 9.67. The van der Waals surface area contributed by atoms with Crippen LogP contribution in [0.5, 0.6) is 0 Å². The highest BCUT2D eigenvalue weighted by atomic mass is 32.1. The van der Waals surface area contributed by atoms with Crippen LogP contribution in [0.3, 0.4) is 0 Å². The summed E-state index contributed by atoms with van der Waals surface area (Å²) in [6, 6.07) is 19.9. The maximum Gasteiger partial charge on any atom is 0.341 e. The fourth-order valence-corrected chi connectivity index (χ4v) is 5.93. The topological polar surface area (TPSA) is 79.2 Å². The van der Waals surface area contributed by atoms with Crippen molar-refractivity contribution >= 4 is 28.2 Å². The zero-order chi connectivity index (χ0) is 25.2. The van der Waals surface area contributed by atoms with E-state index in [-0.39, 0.29) is 17.9 Å². The summed E-state index contributed by atoms with van der Waals surface area (Å²) >= 11 is 1.37. The summed E-state index contributed by atoms with van der Waals surface area (Å²) in [6.45, 7) is 8.39. The normalized spacial score (nSPS) is 17.2. The van der Waals surface area contributed by atoms with Gasteiger partial charge >= 0.3 is 5.97 Å². The molecule has 0 radical (unpaired) electrons. The van der Waals surface area contributed by atoms with Gasteiger partial charge in [0.2, 0.25) is 0 Å². The van der Waals surface area contributed by atoms with Crippen molar-refractivity contribution in [1.82, 2.24) is 0 Å². The van der Waals surface area contributed by atoms with E-state index in [1.165, 1.54) is 11.3 Å². The molecule has 0 unspecified atom stereocenters. The molecule has 1 aliphatic carbocycles. The molecular weight excluding hydrogens is 456 g/mol. The van der Waals surface area contributed by atoms with Crippen molar-refractivity contribution in [2.45, 2.75) is 57.8 Å². The van der Waals surface area contributed by atoms with Crippen LogP contribution in [0.25, 0.3) is 0 Å². The number of hydrogen-bond donors (Lipinski definition) is 1. The third-order valence-corrected chi connectivity index (χ3v) is 7.76. The second-order valence-corrected chi connectivity index (χ2v) is 11.1. The van der Waals surface area contributed by atoms with Crippen molar-refractivity contribution < 1.29 is 14.3 Å². The van der Waals surface area contributed by atoms with E-state index in [4.69, 9.17) is 4.74 Å². The van der Waals surface area contributed by atoms with Gasteiger partial charge in [-0.15, -0.1) is 11.3 Å². The maximum absolute atomic E-state index is 13.1. The number of thiophene rings is 1. The van der Waals surface area contributed by atoms with E-state index in [1.54, 1.807) is 6.92 Å². The average Bonchev–Trinajstić information content (AvgIpc) is 3.20. The lowest BCUT2D eigenvalue weighted by Crippen LogP contribution is -2.31. The molecule has 1 amide bonds. The fourth-order valence-electron chi connectivity index (χ4n) is 4.59. The number of ether oxygens (including phenoxy) is 1. The van der Waals surface area contributed by atoms with Gasteiger partial charge < -0.3 is 10.1 Å². The van der Waals surface area contributed by atoms with Crippen LogP contribution >= 0.6 is 11.3 Å². The summed E-state index contributed by atoms with van der Waals surface area (Å²) in [6.07, 6.45) is 1.67. The van der Waals surface area contributed by atoms with Crippen molar-refractivity contribution in [2.75, 3.05) is 11.9 Å². The number of anilines is 1. The van der Waals surface area contributed by atoms with Crippen molar-refractivity contribution in [3.8, 4) is 6.07 Å². The fraction of sp³-hybridized carbons (Fsp3) is 0.345. The number of rotatable bonds is 5. The Kier molecular flexibility index (Phi) is 6.82. The van der Waals surface area contributed by atoms with Crippen LogP contribution in [0, 0.1) is 11.3 Å². The van der Waals surface area contributed by atoms with E-state index in [0.717, 1.165) is 21.6 Å². The van der Waals surface area contributed by atoms with Gasteiger partial charge in [-0.2, -0.15) is 5.26 Å². The first-order valence-electron chi connectivity index (χ1n) is 11.9. The minimum atomic E-state index is -0.658. The minimum Gasteiger partial charge on any atom is -0.462 e. The van der Waals surface area contributed by atoms with Gasteiger partial charge in [0, 0.05) is 16.9 Å². The van der Waals surface area contributed by atoms with Crippen LogP contribution in [-0.2, 0) is 28.4 Å². The molecule has 0 saturated carbocycles. The predicted molar refractivity (Wildman–Crippen MR) is 139 cm³/mol. The molecule has 180 valence electrons. The Hall–Kier alpha value is -3.43. The van der Waals surface area contributed by atoms with Crippen LogP contribution in [0.1, 0.15) is 76.4 Å². The summed E-state index contributed by atoms with van der Waals surface area (Å²) < 4.78 is 5.35. The number of benzene rings is 2. The van der Waals surface area contributed by atoms with E-state index in [0.29, 0.717) is 35.4 Å². The predicted octanol–water partition coefficient (Wildman–Crippen LogP) is 6.42. The lowest BCUT2D eigenvalue weighted by molar-refractivity contribution is 0.0526. The van der Waals surface area contributed by atoms with Crippen molar-refractivity contribution in [3.63, 3.8) is 0 Å². The molecule has 2 aromatic carbocycles. The number of esters is 1. The number of carbonyl (C=O) groups excluding carboxylic acids is 2. The molecule has 0 bridgehead atoms. The molecule has 6 heteroatoms. The van der Waals surface area contributed by atoms with E-state index in [1.807, 2.05) is 54.6 Å². The molecule has 5 nitrogen and oxygen atoms in total. The van der Waals surface area contributed by atoms with Gasteiger partial charge in [0.05, 0.1) is 23.7 Å². The van der Waals surface area contributed by atoms with Crippen LogP contribution < -0.4 is 5.32 Å². The monoisotopic (exact) mass is 486 g/mol. The zero-order valence-corrected chi connectivity index (χ0v) is 21.4. The van der Waals surface area contributed by atoms with Gasteiger partial charge in [0.1, 0.15) is 5.00 Å². The lowest BCUT2D eigenvalue weighted by atomic mass is 9.70. The molecule has 0 spiro atoms. The zero-order valence-electron chi connectivity index (χ0n) is 20.6. The van der Waals surface area contributed by atoms with Gasteiger partial charge in [0.15, 0.2) is 0 Å². The van der Waals surface area contributed by atoms with Gasteiger partial charge in [-0.3, -0.25) is 4.79 Å². The van der Waals surface area contributed by atoms with Crippen molar-refractivity contribution in [1.29, 1.82) is 5.26 Å². The molecule has 0 saturated heterocycles. The molecule has 35 heavy (non-hydrogen) atoms. The second-order valence-electron chi connectivity index (χ2n) is 9.95. The Bertz CT molecular complexity index is 1280. The third-order valence-electron chi connectivity index (χ3n) is 6.61. The largest absolute Gasteiger partial charge is 0.462 e. The molecule has 3 aromatic rings. The Balaban J connectivity index is 1.68. The van der Waals surface area contributed by atoms with Crippen molar-refractivity contribution in [2.24, 2.45) is 0 Å². The molecule has 1 aromatic heterocycles. The molecule has 1 atom stereocenters. The lowest BCUT2D eigenvalue weighted by Gasteiger charge is -2.31. The highest BCUT2D eigenvalue weighted by Gasteiger charge is 2.40. The third kappa shape index (κ3) is 4.87. The highest BCUT2D eigenvalue weighted by molar-refractivity contribution is 7.17. The number of nitrogens with zero attached hydrogens (tertiary/aromatic N) is 1. The van der Waals surface area contributed by atoms with Crippen LogP contribution in [0.2, 0.25) is 0 Å². The summed E-state index contributed by atoms with van der Waals surface area (Å²) in [4.78, 5) is 27.0. The smallest absolute Gasteiger partial charge is 0.341 e. The van der Waals surface area contributed by atoms with Crippen LogP contribution in [-0.4, -0.2) is 18.5 Å². The van der Waals surface area contributed by atoms with E-state index < -0.39 is 11.4 Å². The summed E-state index contributed by atoms with van der Waals surface area (Å²) in [5, 5.41) is 13.6. The Morgan fingerprint density at radius 3 is 2.40 bits per heavy atom. The highest BCUT2D eigenvalue weighted by Crippen LogP contribution is 2.45. The first-order chi connectivity index (χ1) is 16.7. The quantitative estimate of drug-likeness (QED) is 0.422. The van der Waals surface area contributed by atoms with Crippen molar-refractivity contribution in [3.05, 3.63) is 87.3 Å². The first-order valence-corrected chi connectivity index (χ1v) is 12.7. The molecule has 1 N–H and O–H groups in total. The number of amides is 1. The van der Waals surface area contributed by atoms with Gasteiger partial charge in [-0.05, 0) is 54.0 Å². The molecule has 0 fully saturated rings. The number of nitrogens with one attached hydrogen (secondary N) is 1. The number of nitriles is 1. The van der Waals surface area contributed by atoms with E-state index in [2.05, 4.69) is 32.2 Å². The van der Waals surface area contributed by atoms with E-state index in [9.17, 15) is 14.9 Å². The number of hydrogen-bond acceptors (Lipinski definition) is 5. The summed E-state index contributed by atoms with van der Waals surface area (Å²) in [5.41, 5.74) is 3.28. The van der Waals surface area contributed by atoms with E-state index >= 15 is 0 Å². The molecule has 1 aliphatic rings. The maximum atomic E-state index is 13.1. The Labute approximate surface area is 210 Å². The van der Waals surface area contributed by atoms with Gasteiger partial charge in [0.25, 0.3) is 5.91 Å². The Morgan fingerprint density at radius 1 is 1.11 bits per heavy atom. The van der Waals surface area contributed by atoms with Crippen LogP contribution in [0.4, 0.5) is 5.00 Å². The summed E-state index contributed by atoms with van der Waals surface area (Å²) in [5.74, 6) is -0.711. The minimum absolute atomic E-state index is 0.00904. The van der Waals surface area contributed by atoms with Crippen LogP contribution in [0.15, 0.2) is 54.6 Å². The van der Waals surface area contributed by atoms with Gasteiger partial charge in [-0.1, -0.05) is 63.2 Å². The average molecular weight is 487 g/mol. The Morgan fingerprint density at radius 2 is 1.80 bits per heavy atom. The molecule has 0 aliphatic heterocycles. The number of fused-ring (bicyclic) bond motifs is 1. The molecule has 1 heterocycles. The SMILES string of the molecule is CCOC(=O)c1c(NC(=O)c2ccc(C(C)(C)C)cc2)sc2c1CC[C@@](C#N)(c1ccccc1)C2. The molecular formula is C29H30N2O3S. The van der Waals surface area contributed by atoms with Gasteiger partial charge in [-0.25, -0.2) is 4.79 Å².